The fourth-order valence-electron chi connectivity index (χ4n) is 2.19. The molecule has 3 rings (SSSR count). The predicted octanol–water partition coefficient (Wildman–Crippen LogP) is 6.76. The van der Waals surface area contributed by atoms with Gasteiger partial charge in [0.15, 0.2) is 0 Å². The van der Waals surface area contributed by atoms with Crippen molar-refractivity contribution in [2.75, 3.05) is 0 Å². The van der Waals surface area contributed by atoms with Gasteiger partial charge >= 0.3 is 12.4 Å². The minimum Gasteiger partial charge on any atom is -0.217 e. The van der Waals surface area contributed by atoms with Crippen molar-refractivity contribution in [2.45, 2.75) is 22.4 Å². The van der Waals surface area contributed by atoms with Crippen LogP contribution in [0.15, 0.2) is 52.8 Å². The molecule has 0 N–H and O–H groups in total. The Morgan fingerprint density at radius 3 is 2.04 bits per heavy atom. The molecule has 28 heavy (non-hydrogen) atoms. The molecule has 12 heteroatoms. The summed E-state index contributed by atoms with van der Waals surface area (Å²) in [7, 11) is 0. The minimum absolute atomic E-state index is 0.0280. The van der Waals surface area contributed by atoms with Crippen LogP contribution >= 0.6 is 35.0 Å². The Morgan fingerprint density at radius 2 is 1.46 bits per heavy atom. The monoisotopic (exact) mass is 457 g/mol. The molecular weight excluding hydrogens is 451 g/mol. The van der Waals surface area contributed by atoms with Crippen LogP contribution in [0.1, 0.15) is 11.1 Å². The van der Waals surface area contributed by atoms with E-state index in [1.165, 1.54) is 12.1 Å². The third-order valence-electron chi connectivity index (χ3n) is 3.41. The van der Waals surface area contributed by atoms with Crippen molar-refractivity contribution in [2.24, 2.45) is 0 Å². The van der Waals surface area contributed by atoms with Crippen LogP contribution in [0, 0.1) is 0 Å². The molecule has 3 aromatic rings. The third kappa shape index (κ3) is 4.56. The molecule has 0 aliphatic rings. The molecule has 0 aliphatic heterocycles. The maximum atomic E-state index is 12.8. The van der Waals surface area contributed by atoms with Gasteiger partial charge in [0.2, 0.25) is 5.16 Å². The lowest BCUT2D eigenvalue weighted by Crippen LogP contribution is -2.07. The summed E-state index contributed by atoms with van der Waals surface area (Å²) in [4.78, 5) is 4.16. The maximum absolute atomic E-state index is 12.8. The second-order valence-corrected chi connectivity index (χ2v) is 7.24. The fraction of sp³-hybridized carbons (Fsp3) is 0.125. The zero-order chi connectivity index (χ0) is 20.7. The summed E-state index contributed by atoms with van der Waals surface area (Å²) in [5.41, 5.74) is -1.88. The van der Waals surface area contributed by atoms with Gasteiger partial charge < -0.3 is 0 Å². The molecule has 0 aliphatic carbocycles. The van der Waals surface area contributed by atoms with Gasteiger partial charge in [-0.25, -0.2) is 9.67 Å². The summed E-state index contributed by atoms with van der Waals surface area (Å²) in [6.07, 6.45) is -7.97. The van der Waals surface area contributed by atoms with E-state index in [0.717, 1.165) is 34.9 Å². The van der Waals surface area contributed by atoms with Crippen molar-refractivity contribution < 1.29 is 26.3 Å². The zero-order valence-electron chi connectivity index (χ0n) is 13.3. The van der Waals surface area contributed by atoms with Crippen molar-refractivity contribution in [1.82, 2.24) is 14.8 Å². The van der Waals surface area contributed by atoms with E-state index in [1.54, 1.807) is 0 Å². The molecule has 3 nitrogen and oxygen atoms in total. The molecule has 0 saturated carbocycles. The summed E-state index contributed by atoms with van der Waals surface area (Å²) in [6.45, 7) is 0. The summed E-state index contributed by atoms with van der Waals surface area (Å²) >= 11 is 12.7. The number of rotatable bonds is 3. The van der Waals surface area contributed by atoms with Gasteiger partial charge in [-0.15, -0.1) is 5.10 Å². The predicted molar refractivity (Wildman–Crippen MR) is 91.9 cm³/mol. The van der Waals surface area contributed by atoms with Crippen LogP contribution < -0.4 is 0 Å². The standard InChI is InChI=1S/C16H7Cl2F6N3S/c17-11-5-9(16(22,23)24)6-12(18)13(11)27-7-25-14(26-27)28-10-3-1-2-8(4-10)15(19,20)21/h1-7H. The number of alkyl halides is 6. The summed E-state index contributed by atoms with van der Waals surface area (Å²) in [5, 5.41) is 3.47. The number of benzene rings is 2. The lowest BCUT2D eigenvalue weighted by atomic mass is 10.2. The van der Waals surface area contributed by atoms with Crippen molar-refractivity contribution >= 4 is 35.0 Å². The molecular formula is C16H7Cl2F6N3S. The maximum Gasteiger partial charge on any atom is 0.416 e. The first-order valence-corrected chi connectivity index (χ1v) is 8.86. The van der Waals surface area contributed by atoms with Gasteiger partial charge in [-0.2, -0.15) is 26.3 Å². The second-order valence-electron chi connectivity index (χ2n) is 5.39. The van der Waals surface area contributed by atoms with Gasteiger partial charge in [0.25, 0.3) is 0 Å². The van der Waals surface area contributed by atoms with E-state index in [1.807, 2.05) is 0 Å². The Kier molecular flexibility index (Phi) is 5.57. The summed E-state index contributed by atoms with van der Waals surface area (Å²) in [6, 6.07) is 5.94. The van der Waals surface area contributed by atoms with E-state index < -0.39 is 23.5 Å². The number of hydrogen-bond donors (Lipinski definition) is 0. The Morgan fingerprint density at radius 1 is 0.857 bits per heavy atom. The molecule has 0 atom stereocenters. The highest BCUT2D eigenvalue weighted by molar-refractivity contribution is 7.99. The van der Waals surface area contributed by atoms with Crippen LogP contribution in [-0.2, 0) is 12.4 Å². The number of hydrogen-bond acceptors (Lipinski definition) is 3. The smallest absolute Gasteiger partial charge is 0.217 e. The van der Waals surface area contributed by atoms with Crippen molar-refractivity contribution in [3.63, 3.8) is 0 Å². The Bertz CT molecular complexity index is 993. The summed E-state index contributed by atoms with van der Waals surface area (Å²) in [5.74, 6) is 0. The first kappa shape index (κ1) is 20.8. The van der Waals surface area contributed by atoms with Gasteiger partial charge in [-0.3, -0.25) is 0 Å². The van der Waals surface area contributed by atoms with E-state index in [9.17, 15) is 26.3 Å². The Labute approximate surface area is 168 Å². The topological polar surface area (TPSA) is 30.7 Å². The molecule has 1 aromatic heterocycles. The van der Waals surface area contributed by atoms with E-state index in [2.05, 4.69) is 10.1 Å². The van der Waals surface area contributed by atoms with Gasteiger partial charge in [0, 0.05) is 4.90 Å². The van der Waals surface area contributed by atoms with Gasteiger partial charge in [0.1, 0.15) is 12.0 Å². The molecule has 0 bridgehead atoms. The van der Waals surface area contributed by atoms with Crippen molar-refractivity contribution in [3.05, 3.63) is 63.9 Å². The van der Waals surface area contributed by atoms with E-state index in [-0.39, 0.29) is 25.8 Å². The molecule has 0 fully saturated rings. The fourth-order valence-corrected chi connectivity index (χ4v) is 3.62. The minimum atomic E-state index is -4.63. The molecule has 0 amide bonds. The van der Waals surface area contributed by atoms with Crippen LogP contribution in [0.4, 0.5) is 26.3 Å². The first-order chi connectivity index (χ1) is 12.9. The molecule has 1 heterocycles. The molecule has 148 valence electrons. The lowest BCUT2D eigenvalue weighted by molar-refractivity contribution is -0.138. The van der Waals surface area contributed by atoms with Crippen molar-refractivity contribution in [3.8, 4) is 5.69 Å². The van der Waals surface area contributed by atoms with Crippen LogP contribution in [0.25, 0.3) is 5.69 Å². The highest BCUT2D eigenvalue weighted by Gasteiger charge is 2.32. The van der Waals surface area contributed by atoms with Gasteiger partial charge in [0.05, 0.1) is 21.2 Å². The number of nitrogens with zero attached hydrogens (tertiary/aromatic N) is 3. The second kappa shape index (κ2) is 7.49. The van der Waals surface area contributed by atoms with Crippen molar-refractivity contribution in [1.29, 1.82) is 0 Å². The molecule has 2 aromatic carbocycles. The largest absolute Gasteiger partial charge is 0.416 e. The van der Waals surface area contributed by atoms with Gasteiger partial charge in [-0.1, -0.05) is 29.3 Å². The number of aromatic nitrogens is 3. The average Bonchev–Trinajstić information content (AvgIpc) is 3.01. The quantitative estimate of drug-likeness (QED) is 0.407. The van der Waals surface area contributed by atoms with Crippen LogP contribution in [-0.4, -0.2) is 14.8 Å². The molecule has 0 unspecified atom stereocenters. The van der Waals surface area contributed by atoms with E-state index >= 15 is 0 Å². The molecule has 0 spiro atoms. The SMILES string of the molecule is FC(F)(F)c1cccc(Sc2ncn(-c3c(Cl)cc(C(F)(F)F)cc3Cl)n2)c1. The number of halogens is 8. The Balaban J connectivity index is 1.89. The van der Waals surface area contributed by atoms with Crippen LogP contribution in [0.2, 0.25) is 10.0 Å². The zero-order valence-corrected chi connectivity index (χ0v) is 15.6. The highest BCUT2D eigenvalue weighted by atomic mass is 35.5. The van der Waals surface area contributed by atoms with Crippen LogP contribution in [0.5, 0.6) is 0 Å². The van der Waals surface area contributed by atoms with Crippen LogP contribution in [0.3, 0.4) is 0 Å². The first-order valence-electron chi connectivity index (χ1n) is 7.28. The summed E-state index contributed by atoms with van der Waals surface area (Å²) < 4.78 is 77.8. The Hall–Kier alpha value is -1.91. The normalized spacial score (nSPS) is 12.4. The molecule has 0 radical (unpaired) electrons. The van der Waals surface area contributed by atoms with E-state index in [0.29, 0.717) is 12.1 Å². The average molecular weight is 458 g/mol. The highest BCUT2D eigenvalue weighted by Crippen LogP contribution is 2.38. The molecule has 0 saturated heterocycles. The lowest BCUT2D eigenvalue weighted by Gasteiger charge is -2.11. The van der Waals surface area contributed by atoms with E-state index in [4.69, 9.17) is 23.2 Å². The van der Waals surface area contributed by atoms with Gasteiger partial charge in [-0.05, 0) is 42.1 Å². The third-order valence-corrected chi connectivity index (χ3v) is 4.85.